The summed E-state index contributed by atoms with van der Waals surface area (Å²) in [5, 5.41) is 10.9. The van der Waals surface area contributed by atoms with Crippen molar-refractivity contribution in [3.05, 3.63) is 56.3 Å². The molecule has 0 bridgehead atoms. The number of non-ortho nitro benzene ring substituents is 1. The molecule has 1 aromatic rings. The second kappa shape index (κ2) is 6.47. The summed E-state index contributed by atoms with van der Waals surface area (Å²) < 4.78 is 11.1. The predicted molar refractivity (Wildman–Crippen MR) is 80.9 cm³/mol. The average Bonchev–Trinajstić information content (AvgIpc) is 2.44. The van der Waals surface area contributed by atoms with Gasteiger partial charge in [-0.3, -0.25) is 10.1 Å². The third-order valence-electron chi connectivity index (χ3n) is 3.19. The molecule has 0 aromatic heterocycles. The van der Waals surface area contributed by atoms with Crippen molar-refractivity contribution >= 4 is 28.9 Å². The molecule has 1 aromatic carbocycles. The molecule has 7 heteroatoms. The number of nitro groups is 1. The number of hydrogen-bond donors (Lipinski definition) is 0. The molecular weight excluding hydrogens is 317 g/mol. The van der Waals surface area contributed by atoms with Crippen molar-refractivity contribution in [2.75, 3.05) is 7.11 Å². The van der Waals surface area contributed by atoms with Gasteiger partial charge < -0.3 is 9.47 Å². The molecule has 1 aliphatic carbocycles. The zero-order valence-electron chi connectivity index (χ0n) is 11.4. The summed E-state index contributed by atoms with van der Waals surface area (Å²) in [6.07, 6.45) is 5.40. The Morgan fingerprint density at radius 3 is 2.43 bits per heavy atom. The van der Waals surface area contributed by atoms with E-state index in [0.29, 0.717) is 5.76 Å². The summed E-state index contributed by atoms with van der Waals surface area (Å²) in [5.41, 5.74) is -0.183. The quantitative estimate of drug-likeness (QED) is 0.607. The van der Waals surface area contributed by atoms with Gasteiger partial charge in [-0.15, -0.1) is 0 Å². The minimum absolute atomic E-state index is 0.0256. The van der Waals surface area contributed by atoms with Gasteiger partial charge in [0.05, 0.1) is 21.1 Å². The molecule has 0 saturated carbocycles. The Bertz CT molecular complexity index is 604. The number of nitrogens with zero attached hydrogens (tertiary/aromatic N) is 1. The minimum Gasteiger partial charge on any atom is -0.458 e. The van der Waals surface area contributed by atoms with Crippen LogP contribution >= 0.6 is 23.2 Å². The van der Waals surface area contributed by atoms with Gasteiger partial charge in [-0.2, -0.15) is 0 Å². The third kappa shape index (κ3) is 3.37. The Balaban J connectivity index is 2.30. The number of benzene rings is 1. The van der Waals surface area contributed by atoms with Crippen LogP contribution in [-0.4, -0.2) is 18.1 Å². The molecule has 0 heterocycles. The smallest absolute Gasteiger partial charge is 0.272 e. The fourth-order valence-electron chi connectivity index (χ4n) is 2.02. The van der Waals surface area contributed by atoms with Crippen molar-refractivity contribution in [1.82, 2.24) is 0 Å². The molecule has 0 spiro atoms. The first kappa shape index (κ1) is 15.8. The number of rotatable bonds is 4. The molecule has 0 amide bonds. The zero-order valence-corrected chi connectivity index (χ0v) is 12.9. The summed E-state index contributed by atoms with van der Waals surface area (Å²) in [6.45, 7) is 1.94. The number of ether oxygens (including phenoxy) is 2. The van der Waals surface area contributed by atoms with E-state index in [4.69, 9.17) is 32.7 Å². The van der Waals surface area contributed by atoms with E-state index in [1.807, 2.05) is 19.1 Å². The van der Waals surface area contributed by atoms with Crippen LogP contribution in [0, 0.1) is 16.0 Å². The normalized spacial score (nSPS) is 21.0. The van der Waals surface area contributed by atoms with Crippen LogP contribution in [0.3, 0.4) is 0 Å². The fourth-order valence-corrected chi connectivity index (χ4v) is 2.57. The first-order valence-electron chi connectivity index (χ1n) is 6.16. The highest BCUT2D eigenvalue weighted by Crippen LogP contribution is 2.39. The van der Waals surface area contributed by atoms with E-state index in [1.165, 1.54) is 12.1 Å². The van der Waals surface area contributed by atoms with E-state index in [2.05, 4.69) is 0 Å². The molecule has 0 saturated heterocycles. The summed E-state index contributed by atoms with van der Waals surface area (Å²) in [7, 11) is 1.61. The molecule has 1 aliphatic rings. The van der Waals surface area contributed by atoms with Crippen LogP contribution in [0.4, 0.5) is 5.69 Å². The van der Waals surface area contributed by atoms with Crippen LogP contribution in [0.1, 0.15) is 6.92 Å². The maximum Gasteiger partial charge on any atom is 0.272 e. The zero-order chi connectivity index (χ0) is 15.6. The topological polar surface area (TPSA) is 61.6 Å². The number of nitro benzene ring substituents is 1. The van der Waals surface area contributed by atoms with Gasteiger partial charge in [0, 0.05) is 25.2 Å². The number of methoxy groups -OCH3 is 1. The van der Waals surface area contributed by atoms with Gasteiger partial charge in [0.1, 0.15) is 5.76 Å². The van der Waals surface area contributed by atoms with Gasteiger partial charge in [-0.05, 0) is 6.08 Å². The third-order valence-corrected chi connectivity index (χ3v) is 3.75. The van der Waals surface area contributed by atoms with E-state index in [9.17, 15) is 10.1 Å². The van der Waals surface area contributed by atoms with Crippen LogP contribution in [-0.2, 0) is 4.74 Å². The highest BCUT2D eigenvalue weighted by Gasteiger charge is 2.25. The fraction of sp³-hybridized carbons (Fsp3) is 0.286. The Kier molecular flexibility index (Phi) is 4.88. The first-order chi connectivity index (χ1) is 9.93. The Labute approximate surface area is 131 Å². The highest BCUT2D eigenvalue weighted by molar-refractivity contribution is 6.37. The first-order valence-corrected chi connectivity index (χ1v) is 6.92. The van der Waals surface area contributed by atoms with Crippen molar-refractivity contribution in [2.24, 2.45) is 5.92 Å². The van der Waals surface area contributed by atoms with E-state index in [1.54, 1.807) is 13.2 Å². The van der Waals surface area contributed by atoms with Crippen molar-refractivity contribution in [3.8, 4) is 5.75 Å². The summed E-state index contributed by atoms with van der Waals surface area (Å²) >= 11 is 12.1. The van der Waals surface area contributed by atoms with Crippen LogP contribution in [0.2, 0.25) is 10.0 Å². The van der Waals surface area contributed by atoms with E-state index in [0.717, 1.165) is 0 Å². The lowest BCUT2D eigenvalue weighted by Gasteiger charge is -2.25. The highest BCUT2D eigenvalue weighted by atomic mass is 35.5. The molecule has 0 radical (unpaired) electrons. The average molecular weight is 330 g/mol. The Morgan fingerprint density at radius 1 is 1.29 bits per heavy atom. The molecule has 5 nitrogen and oxygen atoms in total. The molecule has 112 valence electrons. The summed E-state index contributed by atoms with van der Waals surface area (Å²) in [5.74, 6) is 0.802. The number of allylic oxidation sites excluding steroid dienone is 2. The lowest BCUT2D eigenvalue weighted by Crippen LogP contribution is -2.24. The maximum atomic E-state index is 10.8. The molecule has 21 heavy (non-hydrogen) atoms. The van der Waals surface area contributed by atoms with Gasteiger partial charge in [0.15, 0.2) is 5.75 Å². The lowest BCUT2D eigenvalue weighted by molar-refractivity contribution is -0.384. The lowest BCUT2D eigenvalue weighted by atomic mass is 9.97. The van der Waals surface area contributed by atoms with Crippen LogP contribution in [0.25, 0.3) is 0 Å². The van der Waals surface area contributed by atoms with Gasteiger partial charge in [0.25, 0.3) is 5.69 Å². The molecule has 2 unspecified atom stereocenters. The number of halogens is 2. The summed E-state index contributed by atoms with van der Waals surface area (Å²) in [4.78, 5) is 10.2. The van der Waals surface area contributed by atoms with Gasteiger partial charge in [-0.25, -0.2) is 0 Å². The van der Waals surface area contributed by atoms with Crippen LogP contribution < -0.4 is 4.74 Å². The van der Waals surface area contributed by atoms with E-state index >= 15 is 0 Å². The Hall–Kier alpha value is -1.56. The predicted octanol–water partition coefficient (Wildman–Crippen LogP) is 4.39. The molecule has 0 aliphatic heterocycles. The second-order valence-electron chi connectivity index (χ2n) is 4.54. The van der Waals surface area contributed by atoms with Crippen LogP contribution in [0.5, 0.6) is 5.75 Å². The van der Waals surface area contributed by atoms with Crippen molar-refractivity contribution in [3.63, 3.8) is 0 Å². The molecule has 0 fully saturated rings. The number of hydrogen-bond acceptors (Lipinski definition) is 4. The van der Waals surface area contributed by atoms with Crippen molar-refractivity contribution in [2.45, 2.75) is 13.0 Å². The van der Waals surface area contributed by atoms with E-state index in [-0.39, 0.29) is 33.5 Å². The van der Waals surface area contributed by atoms with Crippen molar-refractivity contribution < 1.29 is 14.4 Å². The molecule has 0 N–H and O–H groups in total. The SMILES string of the molecule is COC1C=CC=C(Oc2c(Cl)cc([N+](=O)[O-])cc2Cl)C1C. The molecule has 2 rings (SSSR count). The standard InChI is InChI=1S/C14H13Cl2NO4/c1-8-12(20-2)4-3-5-13(8)21-14-10(15)6-9(17(18)19)7-11(14)16/h3-8,12H,1-2H3. The minimum atomic E-state index is -0.562. The Morgan fingerprint density at radius 2 is 1.90 bits per heavy atom. The molecule has 2 atom stereocenters. The summed E-state index contributed by atoms with van der Waals surface area (Å²) in [6, 6.07) is 2.42. The van der Waals surface area contributed by atoms with Gasteiger partial charge >= 0.3 is 0 Å². The van der Waals surface area contributed by atoms with Gasteiger partial charge in [0.2, 0.25) is 0 Å². The van der Waals surface area contributed by atoms with Gasteiger partial charge in [-0.1, -0.05) is 42.3 Å². The van der Waals surface area contributed by atoms with Crippen LogP contribution in [0.15, 0.2) is 36.1 Å². The largest absolute Gasteiger partial charge is 0.458 e. The maximum absolute atomic E-state index is 10.8. The monoisotopic (exact) mass is 329 g/mol. The van der Waals surface area contributed by atoms with E-state index < -0.39 is 4.92 Å². The van der Waals surface area contributed by atoms with Crippen molar-refractivity contribution in [1.29, 1.82) is 0 Å². The molecular formula is C14H13Cl2NO4. The second-order valence-corrected chi connectivity index (χ2v) is 5.36.